The van der Waals surface area contributed by atoms with Crippen LogP contribution in [0.2, 0.25) is 0 Å². The highest BCUT2D eigenvalue weighted by Crippen LogP contribution is 2.11. The minimum absolute atomic E-state index is 0.355. The van der Waals surface area contributed by atoms with Crippen LogP contribution in [0.25, 0.3) is 0 Å². The molecule has 0 aromatic carbocycles. The molecule has 0 bridgehead atoms. The van der Waals surface area contributed by atoms with Crippen molar-refractivity contribution in [2.75, 3.05) is 13.1 Å². The van der Waals surface area contributed by atoms with E-state index in [1.807, 2.05) is 12.1 Å². The van der Waals surface area contributed by atoms with Gasteiger partial charge in [0.1, 0.15) is 5.76 Å². The standard InChI is InChI=1S/C14H23NO3/c1-11(2)6-7-15(9-12(3)14(16)17)10-13-5-4-8-18-13/h4-5,8,11-12H,6-7,9-10H2,1-3H3,(H,16,17). The summed E-state index contributed by atoms with van der Waals surface area (Å²) in [6.45, 7) is 8.22. The quantitative estimate of drug-likeness (QED) is 0.774. The highest BCUT2D eigenvalue weighted by Gasteiger charge is 2.17. The van der Waals surface area contributed by atoms with Crippen LogP contribution in [-0.4, -0.2) is 29.1 Å². The molecule has 0 saturated carbocycles. The number of hydrogen-bond donors (Lipinski definition) is 1. The number of carbonyl (C=O) groups is 1. The predicted octanol–water partition coefficient (Wildman–Crippen LogP) is 2.85. The van der Waals surface area contributed by atoms with Crippen molar-refractivity contribution in [2.24, 2.45) is 11.8 Å². The van der Waals surface area contributed by atoms with Gasteiger partial charge in [0.15, 0.2) is 0 Å². The van der Waals surface area contributed by atoms with Gasteiger partial charge in [-0.25, -0.2) is 0 Å². The van der Waals surface area contributed by atoms with Gasteiger partial charge in [0.05, 0.1) is 18.7 Å². The van der Waals surface area contributed by atoms with E-state index in [1.165, 1.54) is 0 Å². The summed E-state index contributed by atoms with van der Waals surface area (Å²) in [4.78, 5) is 13.1. The van der Waals surface area contributed by atoms with Gasteiger partial charge in [-0.1, -0.05) is 20.8 Å². The van der Waals surface area contributed by atoms with Gasteiger partial charge in [-0.2, -0.15) is 0 Å². The fourth-order valence-electron chi connectivity index (χ4n) is 1.76. The molecule has 18 heavy (non-hydrogen) atoms. The van der Waals surface area contributed by atoms with E-state index in [-0.39, 0.29) is 5.92 Å². The fraction of sp³-hybridized carbons (Fsp3) is 0.643. The Hall–Kier alpha value is -1.29. The Kier molecular flexibility index (Phi) is 5.92. The molecule has 1 aromatic heterocycles. The second kappa shape index (κ2) is 7.21. The van der Waals surface area contributed by atoms with Gasteiger partial charge in [0.25, 0.3) is 0 Å². The molecular weight excluding hydrogens is 230 g/mol. The summed E-state index contributed by atoms with van der Waals surface area (Å²) in [5.41, 5.74) is 0. The molecule has 0 aliphatic carbocycles. The summed E-state index contributed by atoms with van der Waals surface area (Å²) in [6, 6.07) is 3.78. The number of rotatable bonds is 8. The first-order chi connectivity index (χ1) is 8.49. The SMILES string of the molecule is CC(C)CCN(Cc1ccco1)CC(C)C(=O)O. The smallest absolute Gasteiger partial charge is 0.307 e. The molecule has 0 radical (unpaired) electrons. The van der Waals surface area contributed by atoms with Gasteiger partial charge >= 0.3 is 5.97 Å². The van der Waals surface area contributed by atoms with Crippen LogP contribution in [0.4, 0.5) is 0 Å². The van der Waals surface area contributed by atoms with E-state index in [1.54, 1.807) is 13.2 Å². The summed E-state index contributed by atoms with van der Waals surface area (Å²) >= 11 is 0. The van der Waals surface area contributed by atoms with Crippen molar-refractivity contribution in [1.82, 2.24) is 4.90 Å². The maximum absolute atomic E-state index is 10.9. The van der Waals surface area contributed by atoms with E-state index in [4.69, 9.17) is 9.52 Å². The zero-order chi connectivity index (χ0) is 13.5. The number of carboxylic acids is 1. The normalized spacial score (nSPS) is 13.2. The van der Waals surface area contributed by atoms with Crippen molar-refractivity contribution in [2.45, 2.75) is 33.7 Å². The number of hydrogen-bond acceptors (Lipinski definition) is 3. The monoisotopic (exact) mass is 253 g/mol. The molecule has 1 heterocycles. The lowest BCUT2D eigenvalue weighted by Gasteiger charge is -2.24. The van der Waals surface area contributed by atoms with Crippen LogP contribution in [0.1, 0.15) is 33.0 Å². The molecule has 1 N–H and O–H groups in total. The molecule has 4 nitrogen and oxygen atoms in total. The molecule has 4 heteroatoms. The van der Waals surface area contributed by atoms with E-state index in [0.717, 1.165) is 18.7 Å². The molecule has 0 amide bonds. The van der Waals surface area contributed by atoms with Crippen LogP contribution in [0.3, 0.4) is 0 Å². The topological polar surface area (TPSA) is 53.7 Å². The highest BCUT2D eigenvalue weighted by molar-refractivity contribution is 5.69. The molecule has 1 aromatic rings. The molecule has 0 spiro atoms. The van der Waals surface area contributed by atoms with Gasteiger partial charge in [-0.3, -0.25) is 9.69 Å². The Balaban J connectivity index is 2.53. The van der Waals surface area contributed by atoms with Crippen molar-refractivity contribution >= 4 is 5.97 Å². The molecule has 0 aliphatic heterocycles. The van der Waals surface area contributed by atoms with Crippen LogP contribution in [-0.2, 0) is 11.3 Å². The average molecular weight is 253 g/mol. The molecule has 0 fully saturated rings. The van der Waals surface area contributed by atoms with Gasteiger partial charge < -0.3 is 9.52 Å². The lowest BCUT2D eigenvalue weighted by molar-refractivity contribution is -0.141. The Morgan fingerprint density at radius 3 is 2.67 bits per heavy atom. The van der Waals surface area contributed by atoms with E-state index in [2.05, 4.69) is 18.7 Å². The average Bonchev–Trinajstić information content (AvgIpc) is 2.78. The third-order valence-corrected chi connectivity index (χ3v) is 2.94. The summed E-state index contributed by atoms with van der Waals surface area (Å²) in [7, 11) is 0. The zero-order valence-electron chi connectivity index (χ0n) is 11.4. The second-order valence-electron chi connectivity index (χ2n) is 5.24. The summed E-state index contributed by atoms with van der Waals surface area (Å²) in [6.07, 6.45) is 2.71. The van der Waals surface area contributed by atoms with E-state index in [0.29, 0.717) is 19.0 Å². The van der Waals surface area contributed by atoms with Crippen LogP contribution in [0.5, 0.6) is 0 Å². The molecule has 102 valence electrons. The zero-order valence-corrected chi connectivity index (χ0v) is 11.4. The minimum atomic E-state index is -0.746. The lowest BCUT2D eigenvalue weighted by Crippen LogP contribution is -2.32. The highest BCUT2D eigenvalue weighted by atomic mass is 16.4. The third-order valence-electron chi connectivity index (χ3n) is 2.94. The molecule has 0 saturated heterocycles. The lowest BCUT2D eigenvalue weighted by atomic mass is 10.1. The van der Waals surface area contributed by atoms with Crippen LogP contribution in [0.15, 0.2) is 22.8 Å². The maximum Gasteiger partial charge on any atom is 0.307 e. The maximum atomic E-state index is 10.9. The van der Waals surface area contributed by atoms with E-state index >= 15 is 0 Å². The fourth-order valence-corrected chi connectivity index (χ4v) is 1.76. The Labute approximate surface area is 109 Å². The molecular formula is C14H23NO3. The number of aliphatic carboxylic acids is 1. The second-order valence-corrected chi connectivity index (χ2v) is 5.24. The number of carboxylic acid groups (broad SMARTS) is 1. The molecule has 0 aliphatic rings. The van der Waals surface area contributed by atoms with Crippen molar-refractivity contribution < 1.29 is 14.3 Å². The van der Waals surface area contributed by atoms with Gasteiger partial charge in [-0.15, -0.1) is 0 Å². The predicted molar refractivity (Wildman–Crippen MR) is 70.2 cm³/mol. The molecule has 1 rings (SSSR count). The van der Waals surface area contributed by atoms with Crippen molar-refractivity contribution in [3.05, 3.63) is 24.2 Å². The Bertz CT molecular complexity index is 346. The van der Waals surface area contributed by atoms with Crippen LogP contribution in [0, 0.1) is 11.8 Å². The summed E-state index contributed by atoms with van der Waals surface area (Å²) in [5.74, 6) is 0.400. The first-order valence-electron chi connectivity index (χ1n) is 6.46. The summed E-state index contributed by atoms with van der Waals surface area (Å²) in [5, 5.41) is 8.98. The van der Waals surface area contributed by atoms with Crippen molar-refractivity contribution in [3.8, 4) is 0 Å². The first-order valence-corrected chi connectivity index (χ1v) is 6.46. The minimum Gasteiger partial charge on any atom is -0.481 e. The molecule has 1 atom stereocenters. The largest absolute Gasteiger partial charge is 0.481 e. The van der Waals surface area contributed by atoms with Gasteiger partial charge in [0.2, 0.25) is 0 Å². The van der Waals surface area contributed by atoms with Crippen LogP contribution >= 0.6 is 0 Å². The Morgan fingerprint density at radius 1 is 1.44 bits per heavy atom. The third kappa shape index (κ3) is 5.36. The summed E-state index contributed by atoms with van der Waals surface area (Å²) < 4.78 is 5.32. The Morgan fingerprint density at radius 2 is 2.17 bits per heavy atom. The van der Waals surface area contributed by atoms with E-state index in [9.17, 15) is 4.79 Å². The van der Waals surface area contributed by atoms with Gasteiger partial charge in [-0.05, 0) is 31.0 Å². The van der Waals surface area contributed by atoms with Crippen molar-refractivity contribution in [3.63, 3.8) is 0 Å². The molecule has 1 unspecified atom stereocenters. The first kappa shape index (κ1) is 14.8. The van der Waals surface area contributed by atoms with Crippen LogP contribution < -0.4 is 0 Å². The van der Waals surface area contributed by atoms with E-state index < -0.39 is 5.97 Å². The number of nitrogens with zero attached hydrogens (tertiary/aromatic N) is 1. The van der Waals surface area contributed by atoms with Crippen molar-refractivity contribution in [1.29, 1.82) is 0 Å². The number of furan rings is 1. The van der Waals surface area contributed by atoms with Gasteiger partial charge in [0, 0.05) is 6.54 Å².